The third-order valence-electron chi connectivity index (χ3n) is 2.79. The van der Waals surface area contributed by atoms with Crippen molar-refractivity contribution in [2.24, 2.45) is 0 Å². The Morgan fingerprint density at radius 2 is 2.05 bits per heavy atom. The van der Waals surface area contributed by atoms with Crippen LogP contribution in [0.15, 0.2) is 42.5 Å². The van der Waals surface area contributed by atoms with Gasteiger partial charge < -0.3 is 5.32 Å². The first-order chi connectivity index (χ1) is 9.06. The number of nitro groups is 1. The summed E-state index contributed by atoms with van der Waals surface area (Å²) < 4.78 is 12.9. The summed E-state index contributed by atoms with van der Waals surface area (Å²) in [6.07, 6.45) is 0. The first-order valence-corrected chi connectivity index (χ1v) is 5.79. The number of benzene rings is 2. The Labute approximate surface area is 110 Å². The summed E-state index contributed by atoms with van der Waals surface area (Å²) in [5.74, 6) is -0.279. The van der Waals surface area contributed by atoms with E-state index < -0.39 is 4.92 Å². The molecule has 98 valence electrons. The maximum Gasteiger partial charge on any atom is 0.269 e. The van der Waals surface area contributed by atoms with Crippen LogP contribution in [0.2, 0.25) is 0 Å². The highest BCUT2D eigenvalue weighted by Crippen LogP contribution is 2.18. The first-order valence-electron chi connectivity index (χ1n) is 5.79. The number of rotatable bonds is 4. The summed E-state index contributed by atoms with van der Waals surface area (Å²) in [4.78, 5) is 10.2. The number of hydrogen-bond acceptors (Lipinski definition) is 3. The van der Waals surface area contributed by atoms with E-state index in [1.165, 1.54) is 24.3 Å². The average Bonchev–Trinajstić information content (AvgIpc) is 2.38. The maximum atomic E-state index is 12.9. The molecular weight excluding hydrogens is 247 g/mol. The van der Waals surface area contributed by atoms with Gasteiger partial charge in [-0.2, -0.15) is 0 Å². The van der Waals surface area contributed by atoms with Crippen molar-refractivity contribution in [1.82, 2.24) is 0 Å². The standard InChI is InChI=1S/C14H13FN2O2/c1-10-7-12(15)5-6-14(10)16-9-11-3-2-4-13(8-11)17(18)19/h2-8,16H,9H2,1H3. The Morgan fingerprint density at radius 1 is 1.26 bits per heavy atom. The number of hydrogen-bond donors (Lipinski definition) is 1. The molecule has 4 nitrogen and oxygen atoms in total. The summed E-state index contributed by atoms with van der Waals surface area (Å²) in [6.45, 7) is 2.26. The van der Waals surface area contributed by atoms with Gasteiger partial charge in [-0.15, -0.1) is 0 Å². The van der Waals surface area contributed by atoms with Crippen molar-refractivity contribution >= 4 is 11.4 Å². The van der Waals surface area contributed by atoms with Crippen LogP contribution in [-0.2, 0) is 6.54 Å². The van der Waals surface area contributed by atoms with Crippen LogP contribution in [0.5, 0.6) is 0 Å². The van der Waals surface area contributed by atoms with E-state index in [0.717, 1.165) is 16.8 Å². The third-order valence-corrected chi connectivity index (χ3v) is 2.79. The molecule has 0 spiro atoms. The Kier molecular flexibility index (Phi) is 3.75. The zero-order chi connectivity index (χ0) is 13.8. The summed E-state index contributed by atoms with van der Waals surface area (Å²) >= 11 is 0. The highest BCUT2D eigenvalue weighted by atomic mass is 19.1. The Balaban J connectivity index is 2.10. The predicted molar refractivity (Wildman–Crippen MR) is 71.6 cm³/mol. The van der Waals surface area contributed by atoms with Gasteiger partial charge in [-0.1, -0.05) is 12.1 Å². The molecular formula is C14H13FN2O2. The fourth-order valence-corrected chi connectivity index (χ4v) is 1.80. The number of aryl methyl sites for hydroxylation is 1. The molecule has 0 aliphatic carbocycles. The second-order valence-electron chi connectivity index (χ2n) is 4.24. The number of nitro benzene ring substituents is 1. The van der Waals surface area contributed by atoms with Crippen LogP contribution in [0, 0.1) is 22.9 Å². The molecule has 0 amide bonds. The van der Waals surface area contributed by atoms with Gasteiger partial charge in [0.05, 0.1) is 4.92 Å². The topological polar surface area (TPSA) is 55.2 Å². The van der Waals surface area contributed by atoms with Gasteiger partial charge >= 0.3 is 0 Å². The molecule has 2 aromatic rings. The monoisotopic (exact) mass is 260 g/mol. The van der Waals surface area contributed by atoms with Crippen molar-refractivity contribution in [3.63, 3.8) is 0 Å². The quantitative estimate of drug-likeness (QED) is 0.674. The molecule has 0 heterocycles. The van der Waals surface area contributed by atoms with Crippen LogP contribution in [0.4, 0.5) is 15.8 Å². The second-order valence-corrected chi connectivity index (χ2v) is 4.24. The number of nitrogens with one attached hydrogen (secondary N) is 1. The SMILES string of the molecule is Cc1cc(F)ccc1NCc1cccc([N+](=O)[O-])c1. The van der Waals surface area contributed by atoms with Gasteiger partial charge in [0.1, 0.15) is 5.82 Å². The van der Waals surface area contributed by atoms with Gasteiger partial charge in [0.15, 0.2) is 0 Å². The van der Waals surface area contributed by atoms with Crippen molar-refractivity contribution in [3.05, 3.63) is 69.5 Å². The molecule has 0 bridgehead atoms. The fourth-order valence-electron chi connectivity index (χ4n) is 1.80. The van der Waals surface area contributed by atoms with E-state index in [4.69, 9.17) is 0 Å². The fraction of sp³-hybridized carbons (Fsp3) is 0.143. The zero-order valence-electron chi connectivity index (χ0n) is 10.4. The van der Waals surface area contributed by atoms with Gasteiger partial charge in [-0.25, -0.2) is 4.39 Å². The highest BCUT2D eigenvalue weighted by molar-refractivity contribution is 5.51. The minimum atomic E-state index is -0.424. The molecule has 0 radical (unpaired) electrons. The molecule has 0 atom stereocenters. The molecule has 0 aromatic heterocycles. The van der Waals surface area contributed by atoms with Crippen molar-refractivity contribution in [3.8, 4) is 0 Å². The van der Waals surface area contributed by atoms with E-state index >= 15 is 0 Å². The van der Waals surface area contributed by atoms with E-state index in [0.29, 0.717) is 6.54 Å². The van der Waals surface area contributed by atoms with Gasteiger partial charge in [-0.05, 0) is 36.2 Å². The van der Waals surface area contributed by atoms with Crippen LogP contribution in [0.1, 0.15) is 11.1 Å². The normalized spacial score (nSPS) is 10.2. The molecule has 0 fully saturated rings. The largest absolute Gasteiger partial charge is 0.381 e. The predicted octanol–water partition coefficient (Wildman–Crippen LogP) is 3.65. The molecule has 0 saturated heterocycles. The highest BCUT2D eigenvalue weighted by Gasteiger charge is 2.06. The summed E-state index contributed by atoms with van der Waals surface area (Å²) in [6, 6.07) is 10.9. The average molecular weight is 260 g/mol. The van der Waals surface area contributed by atoms with Crippen LogP contribution < -0.4 is 5.32 Å². The Hall–Kier alpha value is -2.43. The van der Waals surface area contributed by atoms with Crippen molar-refractivity contribution in [1.29, 1.82) is 0 Å². The number of halogens is 1. The Morgan fingerprint density at radius 3 is 2.74 bits per heavy atom. The van der Waals surface area contributed by atoms with Crippen LogP contribution >= 0.6 is 0 Å². The van der Waals surface area contributed by atoms with E-state index in [-0.39, 0.29) is 11.5 Å². The summed E-state index contributed by atoms with van der Waals surface area (Å²) in [5.41, 5.74) is 2.48. The molecule has 2 aromatic carbocycles. The van der Waals surface area contributed by atoms with E-state index in [2.05, 4.69) is 5.32 Å². The minimum absolute atomic E-state index is 0.0649. The smallest absolute Gasteiger partial charge is 0.269 e. The first kappa shape index (κ1) is 13.0. The van der Waals surface area contributed by atoms with Gasteiger partial charge in [0.25, 0.3) is 5.69 Å². The number of nitrogens with zero attached hydrogens (tertiary/aromatic N) is 1. The van der Waals surface area contributed by atoms with Crippen molar-refractivity contribution in [2.75, 3.05) is 5.32 Å². The lowest BCUT2D eigenvalue weighted by atomic mass is 10.1. The molecule has 2 rings (SSSR count). The number of anilines is 1. The summed E-state index contributed by atoms with van der Waals surface area (Å²) in [7, 11) is 0. The molecule has 19 heavy (non-hydrogen) atoms. The minimum Gasteiger partial charge on any atom is -0.381 e. The van der Waals surface area contributed by atoms with Gasteiger partial charge in [-0.3, -0.25) is 10.1 Å². The maximum absolute atomic E-state index is 12.9. The lowest BCUT2D eigenvalue weighted by Gasteiger charge is -2.09. The van der Waals surface area contributed by atoms with E-state index in [1.807, 2.05) is 0 Å². The molecule has 0 saturated carbocycles. The second kappa shape index (κ2) is 5.48. The Bertz CT molecular complexity index is 614. The lowest BCUT2D eigenvalue weighted by molar-refractivity contribution is -0.384. The van der Waals surface area contributed by atoms with Crippen LogP contribution in [0.3, 0.4) is 0 Å². The molecule has 0 unspecified atom stereocenters. The van der Waals surface area contributed by atoms with E-state index in [1.54, 1.807) is 25.1 Å². The zero-order valence-corrected chi connectivity index (χ0v) is 10.4. The molecule has 0 aliphatic rings. The lowest BCUT2D eigenvalue weighted by Crippen LogP contribution is -2.01. The van der Waals surface area contributed by atoms with Crippen LogP contribution in [0.25, 0.3) is 0 Å². The van der Waals surface area contributed by atoms with Gasteiger partial charge in [0.2, 0.25) is 0 Å². The third kappa shape index (κ3) is 3.28. The van der Waals surface area contributed by atoms with Crippen molar-refractivity contribution in [2.45, 2.75) is 13.5 Å². The molecule has 5 heteroatoms. The molecule has 1 N–H and O–H groups in total. The van der Waals surface area contributed by atoms with Crippen molar-refractivity contribution < 1.29 is 9.31 Å². The molecule has 0 aliphatic heterocycles. The summed E-state index contributed by atoms with van der Waals surface area (Å²) in [5, 5.41) is 13.8. The van der Waals surface area contributed by atoms with Gasteiger partial charge in [0, 0.05) is 24.4 Å². The van der Waals surface area contributed by atoms with E-state index in [9.17, 15) is 14.5 Å². The van der Waals surface area contributed by atoms with Crippen LogP contribution in [-0.4, -0.2) is 4.92 Å². The number of non-ortho nitro benzene ring substituents is 1.